The third-order valence-electron chi connectivity index (χ3n) is 0.675. The zero-order valence-electron chi connectivity index (χ0n) is 4.77. The molecule has 0 aliphatic carbocycles. The Kier molecular flexibility index (Phi) is 3.73. The van der Waals surface area contributed by atoms with E-state index in [0.717, 1.165) is 26.1 Å². The molecule has 0 aromatic carbocycles. The fourth-order valence-electron chi connectivity index (χ4n) is 0.234. The highest BCUT2D eigenvalue weighted by molar-refractivity contribution is 6.22. The fraction of sp³-hybridized carbons (Fsp3) is 0. The van der Waals surface area contributed by atoms with Gasteiger partial charge in [0, 0.05) is 5.38 Å². The average molecular weight is 130 g/mol. The van der Waals surface area contributed by atoms with Crippen LogP contribution in [-0.2, 0) is 4.43 Å². The first kappa shape index (κ1) is 6.71. The molecule has 40 valence electrons. The molecule has 7 heavy (non-hydrogen) atoms. The number of rotatable bonds is 2. The molecule has 0 aliphatic rings. The summed E-state index contributed by atoms with van der Waals surface area (Å²) in [6.07, 6.45) is 3.65. The van der Waals surface area contributed by atoms with Crippen LogP contribution in [0, 0.1) is 0 Å². The smallest absolute Gasteiger partial charge is 0.203 e. The monoisotopic (exact) mass is 130 g/mol. The summed E-state index contributed by atoms with van der Waals surface area (Å²) in [7, 11) is 1.81. The second-order valence-electron chi connectivity index (χ2n) is 1.22. The van der Waals surface area contributed by atoms with Crippen molar-refractivity contribution in [3.8, 4) is 0 Å². The van der Waals surface area contributed by atoms with Gasteiger partial charge in [-0.05, 0) is 6.08 Å². The Labute approximate surface area is 50.0 Å². The Morgan fingerprint density at radius 1 is 1.71 bits per heavy atom. The highest BCUT2D eigenvalue weighted by Crippen LogP contribution is 1.83. The van der Waals surface area contributed by atoms with Crippen molar-refractivity contribution in [1.29, 1.82) is 0 Å². The molecule has 0 aliphatic heterocycles. The lowest BCUT2D eigenvalue weighted by Gasteiger charge is -1.94. The summed E-state index contributed by atoms with van der Waals surface area (Å²) >= 11 is 0. The van der Waals surface area contributed by atoms with Crippen molar-refractivity contribution in [3.63, 3.8) is 0 Å². The van der Waals surface area contributed by atoms with E-state index < -0.39 is 0 Å². The number of allylic oxidation sites excluding steroid dienone is 2. The molecular formula is C4H10OSi2. The Bertz CT molecular complexity index is 87.7. The van der Waals surface area contributed by atoms with Crippen LogP contribution in [0.1, 0.15) is 0 Å². The maximum Gasteiger partial charge on any atom is 0.203 e. The molecule has 0 N–H and O–H groups in total. The van der Waals surface area contributed by atoms with Crippen LogP contribution < -0.4 is 0 Å². The first-order chi connectivity index (χ1) is 3.31. The van der Waals surface area contributed by atoms with Crippen LogP contribution in [0.15, 0.2) is 24.1 Å². The lowest BCUT2D eigenvalue weighted by Crippen LogP contribution is -1.83. The highest BCUT2D eigenvalue weighted by Gasteiger charge is 1.73. The minimum atomic E-state index is 0.806. The van der Waals surface area contributed by atoms with Crippen molar-refractivity contribution in [2.24, 2.45) is 0 Å². The molecule has 0 amide bonds. The molecule has 0 rings (SSSR count). The summed E-state index contributed by atoms with van der Waals surface area (Å²) in [5.74, 6) is 0. The summed E-state index contributed by atoms with van der Waals surface area (Å²) in [6, 6.07) is 0. The Morgan fingerprint density at radius 3 is 2.43 bits per heavy atom. The molecule has 0 fully saturated rings. The second-order valence-corrected chi connectivity index (χ2v) is 2.61. The molecule has 0 heterocycles. The first-order valence-electron chi connectivity index (χ1n) is 2.14. The molecule has 1 nitrogen and oxygen atoms in total. The molecule has 3 heteroatoms. The van der Waals surface area contributed by atoms with Gasteiger partial charge in [-0.3, -0.25) is 0 Å². The van der Waals surface area contributed by atoms with Gasteiger partial charge in [-0.1, -0.05) is 12.7 Å². The van der Waals surface area contributed by atoms with Crippen molar-refractivity contribution in [2.75, 3.05) is 0 Å². The first-order valence-corrected chi connectivity index (χ1v) is 3.96. The Balaban J connectivity index is 3.49. The second kappa shape index (κ2) is 3.89. The van der Waals surface area contributed by atoms with Crippen LogP contribution in [0.3, 0.4) is 0 Å². The molecule has 0 saturated heterocycles. The van der Waals surface area contributed by atoms with Crippen molar-refractivity contribution in [3.05, 3.63) is 24.1 Å². The maximum atomic E-state index is 4.98. The summed E-state index contributed by atoms with van der Waals surface area (Å²) in [6.45, 7) is 3.53. The summed E-state index contributed by atoms with van der Waals surface area (Å²) < 4.78 is 4.98. The van der Waals surface area contributed by atoms with E-state index in [0.29, 0.717) is 0 Å². The predicted molar refractivity (Wildman–Crippen MR) is 39.2 cm³/mol. The molecule has 0 unspecified atom stereocenters. The number of hydrogen-bond acceptors (Lipinski definition) is 1. The van der Waals surface area contributed by atoms with Gasteiger partial charge in [0.05, 0.1) is 10.2 Å². The molecule has 0 atom stereocenters. The van der Waals surface area contributed by atoms with Gasteiger partial charge in [-0.2, -0.15) is 0 Å². The molecule has 0 aromatic rings. The van der Waals surface area contributed by atoms with E-state index in [1.54, 1.807) is 6.08 Å². The van der Waals surface area contributed by atoms with Crippen LogP contribution in [0.2, 0.25) is 0 Å². The van der Waals surface area contributed by atoms with Crippen LogP contribution >= 0.6 is 0 Å². The van der Waals surface area contributed by atoms with E-state index in [-0.39, 0.29) is 0 Å². The largest absolute Gasteiger partial charge is 0.561 e. The summed E-state index contributed by atoms with van der Waals surface area (Å²) in [4.78, 5) is 0. The minimum absolute atomic E-state index is 0.806. The van der Waals surface area contributed by atoms with E-state index in [1.807, 2.05) is 6.08 Å². The van der Waals surface area contributed by atoms with Crippen molar-refractivity contribution in [2.45, 2.75) is 0 Å². The van der Waals surface area contributed by atoms with Gasteiger partial charge in [0.1, 0.15) is 0 Å². The SMILES string of the molecule is C=CC=C([SiH3])O[SiH3]. The zero-order valence-corrected chi connectivity index (χ0v) is 8.77. The van der Waals surface area contributed by atoms with E-state index in [1.165, 1.54) is 0 Å². The summed E-state index contributed by atoms with van der Waals surface area (Å²) in [5, 5.41) is 1.08. The molecule has 0 spiro atoms. The lowest BCUT2D eigenvalue weighted by atomic mass is 10.6. The van der Waals surface area contributed by atoms with Crippen LogP contribution in [0.25, 0.3) is 0 Å². The number of hydrogen-bond donors (Lipinski definition) is 0. The molecule has 0 radical (unpaired) electrons. The Hall–Kier alpha value is -0.286. The van der Waals surface area contributed by atoms with Gasteiger partial charge in [-0.25, -0.2) is 0 Å². The third-order valence-corrected chi connectivity index (χ3v) is 2.88. The van der Waals surface area contributed by atoms with Crippen molar-refractivity contribution in [1.82, 2.24) is 0 Å². The third kappa shape index (κ3) is 3.55. The van der Waals surface area contributed by atoms with Crippen LogP contribution in [0.5, 0.6) is 0 Å². The molecule has 0 saturated carbocycles. The summed E-state index contributed by atoms with van der Waals surface area (Å²) in [5.41, 5.74) is 0. The van der Waals surface area contributed by atoms with Crippen molar-refractivity contribution < 1.29 is 4.43 Å². The highest BCUT2D eigenvalue weighted by atomic mass is 28.2. The van der Waals surface area contributed by atoms with Gasteiger partial charge >= 0.3 is 0 Å². The Morgan fingerprint density at radius 2 is 2.29 bits per heavy atom. The van der Waals surface area contributed by atoms with E-state index in [2.05, 4.69) is 6.58 Å². The van der Waals surface area contributed by atoms with Crippen LogP contribution in [0.4, 0.5) is 0 Å². The average Bonchev–Trinajstić information content (AvgIpc) is 1.68. The standard InChI is InChI=1S/C4H10OSi2/c1-2-3-4(6)5-7/h2-3H,1H2,6-7H3. The molecular weight excluding hydrogens is 120 g/mol. The molecule has 0 bridgehead atoms. The molecule has 0 aromatic heterocycles. The lowest BCUT2D eigenvalue weighted by molar-refractivity contribution is 0.513. The minimum Gasteiger partial charge on any atom is -0.561 e. The van der Waals surface area contributed by atoms with E-state index >= 15 is 0 Å². The van der Waals surface area contributed by atoms with Gasteiger partial charge in [0.15, 0.2) is 0 Å². The topological polar surface area (TPSA) is 9.23 Å². The normalized spacial score (nSPS) is 11.7. The van der Waals surface area contributed by atoms with Gasteiger partial charge in [0.2, 0.25) is 10.5 Å². The maximum absolute atomic E-state index is 4.98. The van der Waals surface area contributed by atoms with Crippen molar-refractivity contribution >= 4 is 20.7 Å². The fourth-order valence-corrected chi connectivity index (χ4v) is 0.606. The van der Waals surface area contributed by atoms with Gasteiger partial charge in [0.25, 0.3) is 0 Å². The zero-order chi connectivity index (χ0) is 5.70. The van der Waals surface area contributed by atoms with E-state index in [9.17, 15) is 0 Å². The van der Waals surface area contributed by atoms with Gasteiger partial charge < -0.3 is 4.43 Å². The predicted octanol–water partition coefficient (Wildman–Crippen LogP) is -1.32. The van der Waals surface area contributed by atoms with Crippen LogP contribution in [-0.4, -0.2) is 20.7 Å². The quantitative estimate of drug-likeness (QED) is 0.256. The van der Waals surface area contributed by atoms with E-state index in [4.69, 9.17) is 4.43 Å². The van der Waals surface area contributed by atoms with Gasteiger partial charge in [-0.15, -0.1) is 0 Å².